The van der Waals surface area contributed by atoms with Crippen LogP contribution in [-0.4, -0.2) is 22.3 Å². The van der Waals surface area contributed by atoms with Crippen molar-refractivity contribution >= 4 is 11.6 Å². The van der Waals surface area contributed by atoms with Crippen LogP contribution in [0, 0.1) is 13.8 Å². The molecule has 0 bridgehead atoms. The van der Waals surface area contributed by atoms with Gasteiger partial charge in [-0.2, -0.15) is 5.10 Å². The number of carbonyl (C=O) groups excluding carboxylic acids is 1. The molecule has 0 radical (unpaired) electrons. The summed E-state index contributed by atoms with van der Waals surface area (Å²) < 4.78 is 7.47. The zero-order valence-corrected chi connectivity index (χ0v) is 15.1. The van der Waals surface area contributed by atoms with Crippen molar-refractivity contribution < 1.29 is 9.53 Å². The highest BCUT2D eigenvalue weighted by molar-refractivity contribution is 5.92. The molecule has 0 aliphatic rings. The number of aryl methyl sites for hydroxylation is 1. The third kappa shape index (κ3) is 4.30. The van der Waals surface area contributed by atoms with E-state index < -0.39 is 0 Å². The second-order valence-corrected chi connectivity index (χ2v) is 6.11. The predicted octanol–water partition coefficient (Wildman–Crippen LogP) is 4.29. The molecule has 26 heavy (non-hydrogen) atoms. The van der Waals surface area contributed by atoms with Gasteiger partial charge in [0.1, 0.15) is 5.75 Å². The second-order valence-electron chi connectivity index (χ2n) is 6.11. The molecule has 0 aliphatic carbocycles. The Hall–Kier alpha value is -3.08. The highest BCUT2D eigenvalue weighted by atomic mass is 16.5. The molecule has 1 amide bonds. The molecule has 0 saturated carbocycles. The Morgan fingerprint density at radius 1 is 1.04 bits per heavy atom. The summed E-state index contributed by atoms with van der Waals surface area (Å²) in [5.41, 5.74) is 3.48. The lowest BCUT2D eigenvalue weighted by molar-refractivity contribution is -0.116. The van der Waals surface area contributed by atoms with Crippen molar-refractivity contribution in [3.8, 4) is 11.4 Å². The van der Waals surface area contributed by atoms with E-state index in [0.717, 1.165) is 28.5 Å². The number of benzene rings is 2. The van der Waals surface area contributed by atoms with Crippen LogP contribution in [0.2, 0.25) is 0 Å². The largest absolute Gasteiger partial charge is 0.494 e. The van der Waals surface area contributed by atoms with Crippen molar-refractivity contribution in [2.75, 3.05) is 11.9 Å². The summed E-state index contributed by atoms with van der Waals surface area (Å²) in [7, 11) is 0. The molecule has 3 aromatic rings. The number of nitrogens with zero attached hydrogens (tertiary/aromatic N) is 2. The van der Waals surface area contributed by atoms with Crippen LogP contribution in [0.4, 0.5) is 5.69 Å². The van der Waals surface area contributed by atoms with Crippen molar-refractivity contribution in [3.63, 3.8) is 0 Å². The number of para-hydroxylation sites is 2. The number of hydrogen-bond acceptors (Lipinski definition) is 3. The molecule has 0 unspecified atom stereocenters. The lowest BCUT2D eigenvalue weighted by Gasteiger charge is -2.08. The zero-order chi connectivity index (χ0) is 18.4. The van der Waals surface area contributed by atoms with Crippen LogP contribution >= 0.6 is 0 Å². The van der Waals surface area contributed by atoms with E-state index in [-0.39, 0.29) is 5.91 Å². The molecule has 134 valence electrons. The van der Waals surface area contributed by atoms with Crippen LogP contribution in [0.25, 0.3) is 5.69 Å². The van der Waals surface area contributed by atoms with Gasteiger partial charge < -0.3 is 10.1 Å². The van der Waals surface area contributed by atoms with Crippen LogP contribution in [-0.2, 0) is 4.79 Å². The van der Waals surface area contributed by atoms with Gasteiger partial charge in [0.25, 0.3) is 0 Å². The molecule has 1 N–H and O–H groups in total. The summed E-state index contributed by atoms with van der Waals surface area (Å²) in [6.07, 6.45) is 1.06. The van der Waals surface area contributed by atoms with E-state index in [4.69, 9.17) is 4.74 Å². The highest BCUT2D eigenvalue weighted by Gasteiger charge is 2.15. The molecule has 0 fully saturated rings. The number of carbonyl (C=O) groups is 1. The predicted molar refractivity (Wildman–Crippen MR) is 103 cm³/mol. The molecule has 0 spiro atoms. The van der Waals surface area contributed by atoms with Crippen LogP contribution in [0.5, 0.6) is 5.75 Å². The Kier molecular flexibility index (Phi) is 5.69. The molecule has 5 nitrogen and oxygen atoms in total. The van der Waals surface area contributed by atoms with Crippen molar-refractivity contribution in [2.45, 2.75) is 26.7 Å². The number of amides is 1. The number of anilines is 1. The first kappa shape index (κ1) is 17.7. The standard InChI is InChI=1S/C21H23N3O2/c1-16-21(17(2)24(23-16)18-10-5-3-6-11-18)22-20(25)14-9-15-26-19-12-7-4-8-13-19/h3-8,10-13H,9,14-15H2,1-2H3,(H,22,25). The van der Waals surface area contributed by atoms with Gasteiger partial charge in [-0.05, 0) is 44.5 Å². The van der Waals surface area contributed by atoms with Gasteiger partial charge in [0, 0.05) is 6.42 Å². The van der Waals surface area contributed by atoms with Gasteiger partial charge in [-0.3, -0.25) is 4.79 Å². The summed E-state index contributed by atoms with van der Waals surface area (Å²) in [5, 5.41) is 7.54. The molecule has 3 rings (SSSR count). The monoisotopic (exact) mass is 349 g/mol. The van der Waals surface area contributed by atoms with Crippen molar-refractivity contribution in [2.24, 2.45) is 0 Å². The maximum atomic E-state index is 12.3. The van der Waals surface area contributed by atoms with Crippen LogP contribution < -0.4 is 10.1 Å². The van der Waals surface area contributed by atoms with E-state index in [1.165, 1.54) is 0 Å². The van der Waals surface area contributed by atoms with E-state index in [1.54, 1.807) is 0 Å². The normalized spacial score (nSPS) is 10.5. The van der Waals surface area contributed by atoms with E-state index in [1.807, 2.05) is 79.2 Å². The molecule has 5 heteroatoms. The van der Waals surface area contributed by atoms with Gasteiger partial charge in [0.15, 0.2) is 0 Å². The Morgan fingerprint density at radius 3 is 2.38 bits per heavy atom. The van der Waals surface area contributed by atoms with Gasteiger partial charge >= 0.3 is 0 Å². The molecule has 1 heterocycles. The van der Waals surface area contributed by atoms with Crippen molar-refractivity contribution in [1.82, 2.24) is 9.78 Å². The maximum Gasteiger partial charge on any atom is 0.224 e. The molecule has 2 aromatic carbocycles. The average Bonchev–Trinajstić information content (AvgIpc) is 2.95. The van der Waals surface area contributed by atoms with Gasteiger partial charge in [-0.15, -0.1) is 0 Å². The number of aromatic nitrogens is 2. The SMILES string of the molecule is Cc1nn(-c2ccccc2)c(C)c1NC(=O)CCCOc1ccccc1. The second kappa shape index (κ2) is 8.34. The van der Waals surface area contributed by atoms with E-state index in [2.05, 4.69) is 10.4 Å². The Balaban J connectivity index is 1.55. The Labute approximate surface area is 153 Å². The molecule has 0 aliphatic heterocycles. The number of nitrogens with one attached hydrogen (secondary N) is 1. The number of ether oxygens (including phenoxy) is 1. The van der Waals surface area contributed by atoms with Crippen molar-refractivity contribution in [3.05, 3.63) is 72.1 Å². The lowest BCUT2D eigenvalue weighted by Crippen LogP contribution is -2.14. The summed E-state index contributed by atoms with van der Waals surface area (Å²) in [6, 6.07) is 19.5. The summed E-state index contributed by atoms with van der Waals surface area (Å²) in [5.74, 6) is 0.796. The van der Waals surface area contributed by atoms with Gasteiger partial charge in [-0.25, -0.2) is 4.68 Å². The van der Waals surface area contributed by atoms with E-state index in [9.17, 15) is 4.79 Å². The Morgan fingerprint density at radius 2 is 1.69 bits per heavy atom. The average molecular weight is 349 g/mol. The quantitative estimate of drug-likeness (QED) is 0.648. The maximum absolute atomic E-state index is 12.3. The fraction of sp³-hybridized carbons (Fsp3) is 0.238. The molecular formula is C21H23N3O2. The topological polar surface area (TPSA) is 56.2 Å². The van der Waals surface area contributed by atoms with Gasteiger partial charge in [0.05, 0.1) is 29.4 Å². The smallest absolute Gasteiger partial charge is 0.224 e. The fourth-order valence-corrected chi connectivity index (χ4v) is 2.79. The van der Waals surface area contributed by atoms with Gasteiger partial charge in [-0.1, -0.05) is 36.4 Å². The van der Waals surface area contributed by atoms with Crippen LogP contribution in [0.15, 0.2) is 60.7 Å². The third-order valence-corrected chi connectivity index (χ3v) is 4.12. The number of rotatable bonds is 7. The van der Waals surface area contributed by atoms with Gasteiger partial charge in [0.2, 0.25) is 5.91 Å². The minimum absolute atomic E-state index is 0.0273. The first-order chi connectivity index (χ1) is 12.6. The summed E-state index contributed by atoms with van der Waals surface area (Å²) in [6.45, 7) is 4.38. The first-order valence-corrected chi connectivity index (χ1v) is 8.74. The minimum atomic E-state index is -0.0273. The minimum Gasteiger partial charge on any atom is -0.494 e. The zero-order valence-electron chi connectivity index (χ0n) is 15.1. The molecular weight excluding hydrogens is 326 g/mol. The third-order valence-electron chi connectivity index (χ3n) is 4.12. The van der Waals surface area contributed by atoms with Crippen LogP contribution in [0.1, 0.15) is 24.2 Å². The molecule has 0 saturated heterocycles. The van der Waals surface area contributed by atoms with Crippen LogP contribution in [0.3, 0.4) is 0 Å². The first-order valence-electron chi connectivity index (χ1n) is 8.74. The fourth-order valence-electron chi connectivity index (χ4n) is 2.79. The Bertz CT molecular complexity index is 858. The van der Waals surface area contributed by atoms with E-state index in [0.29, 0.717) is 19.4 Å². The molecule has 0 atom stereocenters. The summed E-state index contributed by atoms with van der Waals surface area (Å²) in [4.78, 5) is 12.3. The molecule has 1 aromatic heterocycles. The lowest BCUT2D eigenvalue weighted by atomic mass is 10.2. The van der Waals surface area contributed by atoms with Crippen molar-refractivity contribution in [1.29, 1.82) is 0 Å². The summed E-state index contributed by atoms with van der Waals surface area (Å²) >= 11 is 0. The van der Waals surface area contributed by atoms with E-state index >= 15 is 0 Å². The number of hydrogen-bond donors (Lipinski definition) is 1. The highest BCUT2D eigenvalue weighted by Crippen LogP contribution is 2.23.